The van der Waals surface area contributed by atoms with Gasteiger partial charge < -0.3 is 4.74 Å². The lowest BCUT2D eigenvalue weighted by molar-refractivity contribution is -0.140. The molecule has 0 aromatic carbocycles. The van der Waals surface area contributed by atoms with Crippen LogP contribution in [0.5, 0.6) is 0 Å². The van der Waals surface area contributed by atoms with E-state index < -0.39 is 16.0 Å². The monoisotopic (exact) mass is 292 g/mol. The number of hydrogen-bond donors (Lipinski definition) is 0. The van der Waals surface area contributed by atoms with Crippen LogP contribution in [0.2, 0.25) is 0 Å². The number of thiazole rings is 1. The van der Waals surface area contributed by atoms with Gasteiger partial charge in [0, 0.05) is 6.54 Å². The Bertz CT molecular complexity index is 510. The molecule has 0 fully saturated rings. The fourth-order valence-corrected chi connectivity index (χ4v) is 4.07. The smallest absolute Gasteiger partial charge is 0.321 e. The standard InChI is InChI=1S/C10H16N2O4S2/c1-4-5-12(7-9(13)16-3)18(14,15)10-6-11-8(2)17-10/h6H,4-5,7H2,1-3H3. The van der Waals surface area contributed by atoms with Crippen molar-refractivity contribution in [3.05, 3.63) is 11.2 Å². The summed E-state index contributed by atoms with van der Waals surface area (Å²) in [4.78, 5) is 15.2. The Hall–Kier alpha value is -0.990. The third kappa shape index (κ3) is 3.50. The summed E-state index contributed by atoms with van der Waals surface area (Å²) >= 11 is 1.09. The first-order valence-corrected chi connectivity index (χ1v) is 7.66. The summed E-state index contributed by atoms with van der Waals surface area (Å²) in [5.74, 6) is -0.576. The summed E-state index contributed by atoms with van der Waals surface area (Å²) in [6.45, 7) is 3.57. The normalized spacial score (nSPS) is 11.8. The van der Waals surface area contributed by atoms with E-state index in [1.54, 1.807) is 6.92 Å². The Morgan fingerprint density at radius 3 is 2.67 bits per heavy atom. The van der Waals surface area contributed by atoms with E-state index in [1.807, 2.05) is 6.92 Å². The molecule has 0 saturated heterocycles. The SMILES string of the molecule is CCCN(CC(=O)OC)S(=O)(=O)c1cnc(C)s1. The minimum absolute atomic E-state index is 0.150. The van der Waals surface area contributed by atoms with Gasteiger partial charge in [-0.3, -0.25) is 4.79 Å². The maximum absolute atomic E-state index is 12.3. The zero-order valence-corrected chi connectivity index (χ0v) is 12.2. The maximum atomic E-state index is 12.3. The van der Waals surface area contributed by atoms with Crippen LogP contribution in [0.15, 0.2) is 10.4 Å². The zero-order chi connectivity index (χ0) is 13.8. The fourth-order valence-electron chi connectivity index (χ4n) is 1.33. The predicted molar refractivity (Wildman–Crippen MR) is 67.9 cm³/mol. The van der Waals surface area contributed by atoms with Crippen molar-refractivity contribution in [2.24, 2.45) is 0 Å². The molecule has 0 saturated carbocycles. The lowest BCUT2D eigenvalue weighted by atomic mass is 10.5. The summed E-state index contributed by atoms with van der Waals surface area (Å²) in [5.41, 5.74) is 0. The molecule has 1 heterocycles. The van der Waals surface area contributed by atoms with Gasteiger partial charge >= 0.3 is 5.97 Å². The number of nitrogens with zero attached hydrogens (tertiary/aromatic N) is 2. The number of ether oxygens (including phenoxy) is 1. The molecule has 8 heteroatoms. The van der Waals surface area contributed by atoms with Crippen molar-refractivity contribution in [2.75, 3.05) is 20.2 Å². The third-order valence-electron chi connectivity index (χ3n) is 2.20. The first kappa shape index (κ1) is 15.1. The quantitative estimate of drug-likeness (QED) is 0.732. The molecule has 0 aliphatic rings. The number of esters is 1. The van der Waals surface area contributed by atoms with E-state index in [0.29, 0.717) is 11.4 Å². The summed E-state index contributed by atoms with van der Waals surface area (Å²) in [6.07, 6.45) is 1.93. The highest BCUT2D eigenvalue weighted by Gasteiger charge is 2.28. The van der Waals surface area contributed by atoms with Gasteiger partial charge in [-0.15, -0.1) is 11.3 Å². The van der Waals surface area contributed by atoms with Crippen LogP contribution in [-0.4, -0.2) is 43.9 Å². The van der Waals surface area contributed by atoms with Crippen LogP contribution in [-0.2, 0) is 19.6 Å². The number of hydrogen-bond acceptors (Lipinski definition) is 6. The Morgan fingerprint density at radius 1 is 1.56 bits per heavy atom. The van der Waals surface area contributed by atoms with Crippen LogP contribution in [0, 0.1) is 6.92 Å². The van der Waals surface area contributed by atoms with E-state index in [1.165, 1.54) is 13.3 Å². The Balaban J connectivity index is 3.00. The molecule has 0 aliphatic carbocycles. The van der Waals surface area contributed by atoms with Gasteiger partial charge in [-0.2, -0.15) is 4.31 Å². The summed E-state index contributed by atoms with van der Waals surface area (Å²) < 4.78 is 30.3. The molecule has 0 unspecified atom stereocenters. The molecule has 0 radical (unpaired) electrons. The number of carbonyl (C=O) groups is 1. The molecule has 0 atom stereocenters. The Labute approximate surface area is 111 Å². The number of aryl methyl sites for hydroxylation is 1. The van der Waals surface area contributed by atoms with Gasteiger partial charge in [0.2, 0.25) is 0 Å². The van der Waals surface area contributed by atoms with E-state index in [-0.39, 0.29) is 17.3 Å². The molecule has 1 aromatic rings. The molecule has 6 nitrogen and oxygen atoms in total. The van der Waals surface area contributed by atoms with Gasteiger partial charge in [0.1, 0.15) is 6.54 Å². The first-order valence-electron chi connectivity index (χ1n) is 5.41. The predicted octanol–water partition coefficient (Wildman–Crippen LogP) is 1.03. The number of sulfonamides is 1. The average Bonchev–Trinajstić information content (AvgIpc) is 2.75. The summed E-state index contributed by atoms with van der Waals surface area (Å²) in [7, 11) is -2.43. The van der Waals surface area contributed by atoms with Crippen LogP contribution in [0.4, 0.5) is 0 Å². The average molecular weight is 292 g/mol. The van der Waals surface area contributed by atoms with Gasteiger partial charge in [0.15, 0.2) is 4.21 Å². The molecular formula is C10H16N2O4S2. The topological polar surface area (TPSA) is 76.6 Å². The molecular weight excluding hydrogens is 276 g/mol. The zero-order valence-electron chi connectivity index (χ0n) is 10.5. The van der Waals surface area contributed by atoms with Gasteiger partial charge in [-0.05, 0) is 13.3 Å². The minimum Gasteiger partial charge on any atom is -0.468 e. The van der Waals surface area contributed by atoms with Crippen LogP contribution >= 0.6 is 11.3 Å². The maximum Gasteiger partial charge on any atom is 0.321 e. The molecule has 1 rings (SSSR count). The first-order chi connectivity index (χ1) is 8.41. The van der Waals surface area contributed by atoms with E-state index in [0.717, 1.165) is 15.6 Å². The fraction of sp³-hybridized carbons (Fsp3) is 0.600. The number of rotatable bonds is 6. The molecule has 1 aromatic heterocycles. The second kappa shape index (κ2) is 6.26. The Morgan fingerprint density at radius 2 is 2.22 bits per heavy atom. The third-order valence-corrected chi connectivity index (χ3v) is 5.40. The molecule has 0 spiro atoms. The molecule has 18 heavy (non-hydrogen) atoms. The Kier molecular flexibility index (Phi) is 5.24. The summed E-state index contributed by atoms with van der Waals surface area (Å²) in [6, 6.07) is 0. The summed E-state index contributed by atoms with van der Waals surface area (Å²) in [5, 5.41) is 0.670. The van der Waals surface area contributed by atoms with Gasteiger partial charge in [-0.25, -0.2) is 13.4 Å². The van der Waals surface area contributed by atoms with Crippen LogP contribution in [0.3, 0.4) is 0 Å². The van der Waals surface area contributed by atoms with Crippen LogP contribution in [0.1, 0.15) is 18.4 Å². The van der Waals surface area contributed by atoms with Crippen LogP contribution in [0.25, 0.3) is 0 Å². The van der Waals surface area contributed by atoms with E-state index in [9.17, 15) is 13.2 Å². The second-order valence-electron chi connectivity index (χ2n) is 3.61. The number of methoxy groups -OCH3 is 1. The van der Waals surface area contributed by atoms with E-state index in [4.69, 9.17) is 0 Å². The van der Waals surface area contributed by atoms with Crippen molar-refractivity contribution in [1.82, 2.24) is 9.29 Å². The highest BCUT2D eigenvalue weighted by atomic mass is 32.2. The second-order valence-corrected chi connectivity index (χ2v) is 7.01. The van der Waals surface area contributed by atoms with Gasteiger partial charge in [-0.1, -0.05) is 6.92 Å². The van der Waals surface area contributed by atoms with Crippen molar-refractivity contribution >= 4 is 27.3 Å². The highest BCUT2D eigenvalue weighted by molar-refractivity contribution is 7.91. The van der Waals surface area contributed by atoms with Crippen molar-refractivity contribution in [2.45, 2.75) is 24.5 Å². The van der Waals surface area contributed by atoms with Crippen molar-refractivity contribution < 1.29 is 17.9 Å². The lowest BCUT2D eigenvalue weighted by Gasteiger charge is -2.18. The molecule has 0 N–H and O–H groups in total. The molecule has 102 valence electrons. The largest absolute Gasteiger partial charge is 0.468 e. The van der Waals surface area contributed by atoms with Crippen molar-refractivity contribution in [3.63, 3.8) is 0 Å². The lowest BCUT2D eigenvalue weighted by Crippen LogP contribution is -2.36. The highest BCUT2D eigenvalue weighted by Crippen LogP contribution is 2.22. The van der Waals surface area contributed by atoms with Crippen molar-refractivity contribution in [3.8, 4) is 0 Å². The van der Waals surface area contributed by atoms with E-state index >= 15 is 0 Å². The van der Waals surface area contributed by atoms with Crippen LogP contribution < -0.4 is 0 Å². The minimum atomic E-state index is -3.66. The number of aromatic nitrogens is 1. The molecule has 0 bridgehead atoms. The van der Waals surface area contributed by atoms with Crippen molar-refractivity contribution in [1.29, 1.82) is 0 Å². The molecule has 0 aliphatic heterocycles. The van der Waals surface area contributed by atoms with Gasteiger partial charge in [0.05, 0.1) is 18.3 Å². The van der Waals surface area contributed by atoms with E-state index in [2.05, 4.69) is 9.72 Å². The number of carbonyl (C=O) groups excluding carboxylic acids is 1. The van der Waals surface area contributed by atoms with Gasteiger partial charge in [0.25, 0.3) is 10.0 Å². The molecule has 0 amide bonds.